The summed E-state index contributed by atoms with van der Waals surface area (Å²) >= 11 is 0. The van der Waals surface area contributed by atoms with Crippen LogP contribution in [-0.2, 0) is 6.54 Å². The van der Waals surface area contributed by atoms with E-state index in [1.807, 2.05) is 34.9 Å². The predicted molar refractivity (Wildman–Crippen MR) is 89.2 cm³/mol. The van der Waals surface area contributed by atoms with Crippen LogP contribution in [0.25, 0.3) is 28.2 Å². The fraction of sp³-hybridized carbons (Fsp3) is 0.111. The van der Waals surface area contributed by atoms with Crippen LogP contribution in [0.5, 0.6) is 0 Å². The zero-order valence-corrected chi connectivity index (χ0v) is 13.0. The van der Waals surface area contributed by atoms with Gasteiger partial charge in [-0.3, -0.25) is 0 Å². The van der Waals surface area contributed by atoms with E-state index in [4.69, 9.17) is 10.3 Å². The third-order valence-corrected chi connectivity index (χ3v) is 3.94. The zero-order valence-electron chi connectivity index (χ0n) is 13.0. The summed E-state index contributed by atoms with van der Waals surface area (Å²) in [7, 11) is 0. The predicted octanol–water partition coefficient (Wildman–Crippen LogP) is 3.59. The molecule has 2 aromatic heterocycles. The van der Waals surface area contributed by atoms with Gasteiger partial charge in [-0.2, -0.15) is 4.98 Å². The molecule has 2 N–H and O–H groups in total. The fourth-order valence-electron chi connectivity index (χ4n) is 2.80. The van der Waals surface area contributed by atoms with E-state index in [9.17, 15) is 4.39 Å². The Hall–Kier alpha value is -2.99. The van der Waals surface area contributed by atoms with Gasteiger partial charge in [-0.1, -0.05) is 17.3 Å². The normalized spacial score (nSPS) is 11.3. The second-order valence-corrected chi connectivity index (χ2v) is 5.59. The molecule has 0 aliphatic heterocycles. The average molecular weight is 322 g/mol. The number of fused-ring (bicyclic) bond motifs is 1. The molecule has 5 nitrogen and oxygen atoms in total. The van der Waals surface area contributed by atoms with Crippen molar-refractivity contribution in [1.82, 2.24) is 14.7 Å². The highest BCUT2D eigenvalue weighted by molar-refractivity contribution is 5.88. The van der Waals surface area contributed by atoms with Gasteiger partial charge in [0.05, 0.1) is 5.52 Å². The van der Waals surface area contributed by atoms with Gasteiger partial charge in [0.25, 0.3) is 5.89 Å². The monoisotopic (exact) mass is 322 g/mol. The molecule has 0 unspecified atom stereocenters. The molecule has 0 radical (unpaired) electrons. The molecular weight excluding hydrogens is 307 g/mol. The van der Waals surface area contributed by atoms with Gasteiger partial charge in [-0.05, 0) is 48.9 Å². The summed E-state index contributed by atoms with van der Waals surface area (Å²) in [6.07, 6.45) is 0. The molecule has 4 rings (SSSR count). The second kappa shape index (κ2) is 5.58. The van der Waals surface area contributed by atoms with Gasteiger partial charge in [0.15, 0.2) is 5.82 Å². The van der Waals surface area contributed by atoms with Crippen LogP contribution in [0.2, 0.25) is 0 Å². The quantitative estimate of drug-likeness (QED) is 0.626. The molecule has 6 heteroatoms. The number of hydrogen-bond donors (Lipinski definition) is 1. The van der Waals surface area contributed by atoms with Crippen LogP contribution >= 0.6 is 0 Å². The highest BCUT2D eigenvalue weighted by atomic mass is 19.1. The maximum absolute atomic E-state index is 13.6. The van der Waals surface area contributed by atoms with E-state index in [-0.39, 0.29) is 5.82 Å². The third-order valence-electron chi connectivity index (χ3n) is 3.94. The lowest BCUT2D eigenvalue weighted by Gasteiger charge is -2.09. The first kappa shape index (κ1) is 14.6. The van der Waals surface area contributed by atoms with Crippen molar-refractivity contribution in [2.24, 2.45) is 5.73 Å². The Morgan fingerprint density at radius 1 is 1.12 bits per heavy atom. The van der Waals surface area contributed by atoms with Crippen molar-refractivity contribution in [3.8, 4) is 17.3 Å². The first-order valence-corrected chi connectivity index (χ1v) is 7.57. The Kier molecular flexibility index (Phi) is 3.39. The summed E-state index contributed by atoms with van der Waals surface area (Å²) in [5, 5.41) is 4.62. The van der Waals surface area contributed by atoms with Crippen molar-refractivity contribution in [3.63, 3.8) is 0 Å². The lowest BCUT2D eigenvalue weighted by Crippen LogP contribution is -1.99. The number of rotatable bonds is 3. The van der Waals surface area contributed by atoms with Gasteiger partial charge in [-0.15, -0.1) is 0 Å². The molecule has 2 aromatic carbocycles. The molecule has 0 bridgehead atoms. The minimum atomic E-state index is -0.286. The van der Waals surface area contributed by atoms with E-state index in [1.54, 1.807) is 13.0 Å². The lowest BCUT2D eigenvalue weighted by atomic mass is 10.2. The number of aryl methyl sites for hydroxylation is 1. The molecule has 2 heterocycles. The third kappa shape index (κ3) is 2.37. The maximum Gasteiger partial charge on any atom is 0.274 e. The van der Waals surface area contributed by atoms with E-state index in [2.05, 4.69) is 10.1 Å². The highest BCUT2D eigenvalue weighted by Gasteiger charge is 2.17. The van der Waals surface area contributed by atoms with Gasteiger partial charge >= 0.3 is 0 Å². The van der Waals surface area contributed by atoms with Gasteiger partial charge in [-0.25, -0.2) is 4.39 Å². The largest absolute Gasteiger partial charge is 0.332 e. The van der Waals surface area contributed by atoms with E-state index >= 15 is 0 Å². The summed E-state index contributed by atoms with van der Waals surface area (Å²) in [6.45, 7) is 2.24. The first-order chi connectivity index (χ1) is 11.7. The molecule has 0 spiro atoms. The van der Waals surface area contributed by atoms with Crippen molar-refractivity contribution >= 4 is 10.9 Å². The van der Waals surface area contributed by atoms with Crippen molar-refractivity contribution < 1.29 is 8.91 Å². The molecule has 0 amide bonds. The van der Waals surface area contributed by atoms with Crippen molar-refractivity contribution in [2.75, 3.05) is 0 Å². The fourth-order valence-corrected chi connectivity index (χ4v) is 2.80. The van der Waals surface area contributed by atoms with E-state index in [1.165, 1.54) is 12.1 Å². The average Bonchev–Trinajstić information content (AvgIpc) is 3.18. The van der Waals surface area contributed by atoms with Gasteiger partial charge in [0.1, 0.15) is 11.5 Å². The first-order valence-electron chi connectivity index (χ1n) is 7.57. The molecule has 120 valence electrons. The number of halogens is 1. The smallest absolute Gasteiger partial charge is 0.274 e. The minimum absolute atomic E-state index is 0.286. The number of nitrogens with two attached hydrogens (primary N) is 1. The molecule has 4 aromatic rings. The Bertz CT molecular complexity index is 1020. The van der Waals surface area contributed by atoms with Crippen LogP contribution in [0, 0.1) is 12.7 Å². The number of benzene rings is 2. The molecule has 0 saturated carbocycles. The van der Waals surface area contributed by atoms with Crippen LogP contribution in [0.1, 0.15) is 11.4 Å². The van der Waals surface area contributed by atoms with Crippen molar-refractivity contribution in [3.05, 3.63) is 65.7 Å². The van der Waals surface area contributed by atoms with Crippen LogP contribution in [0.15, 0.2) is 53.1 Å². The standard InChI is InChI=1S/C18H15FN4O/c1-11-21-18(24-22-11)17-9-13-8-14(19)4-7-16(13)23(17)15-5-2-12(10-20)3-6-15/h2-9H,10,20H2,1H3. The molecule has 0 saturated heterocycles. The minimum Gasteiger partial charge on any atom is -0.332 e. The lowest BCUT2D eigenvalue weighted by molar-refractivity contribution is 0.424. The molecular formula is C18H15FN4O. The number of aromatic nitrogens is 3. The zero-order chi connectivity index (χ0) is 16.7. The Labute approximate surface area is 137 Å². The number of nitrogens with zero attached hydrogens (tertiary/aromatic N) is 3. The van der Waals surface area contributed by atoms with Crippen LogP contribution < -0.4 is 5.73 Å². The second-order valence-electron chi connectivity index (χ2n) is 5.59. The van der Waals surface area contributed by atoms with Crippen molar-refractivity contribution in [2.45, 2.75) is 13.5 Å². The summed E-state index contributed by atoms with van der Waals surface area (Å²) < 4.78 is 20.9. The van der Waals surface area contributed by atoms with Crippen LogP contribution in [-0.4, -0.2) is 14.7 Å². The molecule has 0 aliphatic rings. The van der Waals surface area contributed by atoms with Gasteiger partial charge in [0.2, 0.25) is 0 Å². The van der Waals surface area contributed by atoms with Gasteiger partial charge < -0.3 is 14.8 Å². The Morgan fingerprint density at radius 2 is 1.92 bits per heavy atom. The van der Waals surface area contributed by atoms with Crippen LogP contribution in [0.4, 0.5) is 4.39 Å². The molecule has 0 aliphatic carbocycles. The highest BCUT2D eigenvalue weighted by Crippen LogP contribution is 2.31. The van der Waals surface area contributed by atoms with E-state index in [0.29, 0.717) is 18.3 Å². The number of hydrogen-bond acceptors (Lipinski definition) is 4. The summed E-state index contributed by atoms with van der Waals surface area (Å²) in [5.74, 6) is 0.657. The van der Waals surface area contributed by atoms with E-state index < -0.39 is 0 Å². The summed E-state index contributed by atoms with van der Waals surface area (Å²) in [5.41, 5.74) is 9.21. The SMILES string of the molecule is Cc1noc(-c2cc3cc(F)ccc3n2-c2ccc(CN)cc2)n1. The topological polar surface area (TPSA) is 69.9 Å². The van der Waals surface area contributed by atoms with Crippen LogP contribution in [0.3, 0.4) is 0 Å². The molecule has 24 heavy (non-hydrogen) atoms. The molecule has 0 atom stereocenters. The Morgan fingerprint density at radius 3 is 2.58 bits per heavy atom. The van der Waals surface area contributed by atoms with Gasteiger partial charge in [0, 0.05) is 17.6 Å². The maximum atomic E-state index is 13.6. The van der Waals surface area contributed by atoms with E-state index in [0.717, 1.165) is 27.8 Å². The summed E-state index contributed by atoms with van der Waals surface area (Å²) in [6, 6.07) is 14.4. The van der Waals surface area contributed by atoms with Crippen molar-refractivity contribution in [1.29, 1.82) is 0 Å². The Balaban J connectivity index is 1.99. The molecule has 0 fully saturated rings. The summed E-state index contributed by atoms with van der Waals surface area (Å²) in [4.78, 5) is 4.31.